The van der Waals surface area contributed by atoms with E-state index >= 15 is 4.39 Å². The van der Waals surface area contributed by atoms with E-state index in [0.29, 0.717) is 41.0 Å². The third-order valence-electron chi connectivity index (χ3n) is 9.18. The first-order chi connectivity index (χ1) is 19.5. The van der Waals surface area contributed by atoms with Gasteiger partial charge in [0.25, 0.3) is 0 Å². The summed E-state index contributed by atoms with van der Waals surface area (Å²) in [4.78, 5) is 11.7. The van der Waals surface area contributed by atoms with Crippen molar-refractivity contribution in [2.24, 2.45) is 5.41 Å². The quantitative estimate of drug-likeness (QED) is 0.294. The van der Waals surface area contributed by atoms with Crippen molar-refractivity contribution < 1.29 is 19.3 Å². The maximum atomic E-state index is 16.5. The molecule has 4 aromatic rings. The van der Waals surface area contributed by atoms with Crippen molar-refractivity contribution in [1.82, 2.24) is 15.3 Å². The van der Waals surface area contributed by atoms with Gasteiger partial charge in [0.2, 0.25) is 0 Å². The van der Waals surface area contributed by atoms with Gasteiger partial charge in [-0.2, -0.15) is 9.97 Å². The highest BCUT2D eigenvalue weighted by Crippen LogP contribution is 2.40. The van der Waals surface area contributed by atoms with E-state index in [1.54, 1.807) is 18.2 Å². The molecule has 3 N–H and O–H groups in total. The summed E-state index contributed by atoms with van der Waals surface area (Å²) in [7, 11) is 0. The smallest absolute Gasteiger partial charge is 0.319 e. The second-order valence-electron chi connectivity index (χ2n) is 11.9. The van der Waals surface area contributed by atoms with Gasteiger partial charge >= 0.3 is 6.01 Å². The maximum Gasteiger partial charge on any atom is 0.319 e. The molecule has 2 saturated heterocycles. The third kappa shape index (κ3) is 4.53. The number of aromatic nitrogens is 2. The summed E-state index contributed by atoms with van der Waals surface area (Å²) in [5.41, 5.74) is 0.873. The number of benzene rings is 3. The van der Waals surface area contributed by atoms with Gasteiger partial charge in [-0.05, 0) is 60.2 Å². The number of hydrogen-bond acceptors (Lipinski definition) is 7. The van der Waals surface area contributed by atoms with E-state index in [1.165, 1.54) is 6.42 Å². The van der Waals surface area contributed by atoms with E-state index < -0.39 is 5.82 Å². The van der Waals surface area contributed by atoms with Crippen molar-refractivity contribution in [3.63, 3.8) is 0 Å². The van der Waals surface area contributed by atoms with Gasteiger partial charge in [-0.3, -0.25) is 0 Å². The number of phenols is 1. The molecule has 3 aliphatic rings. The van der Waals surface area contributed by atoms with Crippen molar-refractivity contribution in [3.05, 3.63) is 54.3 Å². The van der Waals surface area contributed by atoms with E-state index in [-0.39, 0.29) is 29.3 Å². The highest BCUT2D eigenvalue weighted by Gasteiger charge is 2.35. The Morgan fingerprint density at radius 3 is 2.50 bits per heavy atom. The molecule has 3 heterocycles. The Hall–Kier alpha value is -3.49. The molecule has 0 radical (unpaired) electrons. The summed E-state index contributed by atoms with van der Waals surface area (Å²) in [6.07, 6.45) is 7.33. The van der Waals surface area contributed by atoms with Gasteiger partial charge in [0.15, 0.2) is 5.82 Å². The average Bonchev–Trinajstić information content (AvgIpc) is 3.33. The Kier molecular flexibility index (Phi) is 6.47. The van der Waals surface area contributed by atoms with Gasteiger partial charge in [-0.25, -0.2) is 4.39 Å². The van der Waals surface area contributed by atoms with Crippen LogP contribution in [0.25, 0.3) is 32.8 Å². The number of hydrogen-bond donors (Lipinski definition) is 3. The molecule has 2 unspecified atom stereocenters. The Morgan fingerprint density at radius 2 is 1.73 bits per heavy atom. The molecule has 40 heavy (non-hydrogen) atoms. The topological polar surface area (TPSA) is 90.7 Å². The lowest BCUT2D eigenvalue weighted by atomic mass is 9.75. The fourth-order valence-electron chi connectivity index (χ4n) is 6.99. The number of aliphatic hydroxyl groups is 1. The highest BCUT2D eigenvalue weighted by atomic mass is 19.1. The molecule has 3 aromatic carbocycles. The van der Waals surface area contributed by atoms with Crippen molar-refractivity contribution in [2.75, 3.05) is 31.2 Å². The van der Waals surface area contributed by atoms with Crippen molar-refractivity contribution >= 4 is 27.5 Å². The summed E-state index contributed by atoms with van der Waals surface area (Å²) in [6, 6.07) is 15.5. The average molecular weight is 543 g/mol. The second kappa shape index (κ2) is 10.2. The summed E-state index contributed by atoms with van der Waals surface area (Å²) in [6.45, 7) is 1.95. The van der Waals surface area contributed by atoms with Gasteiger partial charge in [0, 0.05) is 41.5 Å². The zero-order valence-corrected chi connectivity index (χ0v) is 22.6. The van der Waals surface area contributed by atoms with Crippen LogP contribution in [0.2, 0.25) is 0 Å². The monoisotopic (exact) mass is 542 g/mol. The maximum absolute atomic E-state index is 16.5. The summed E-state index contributed by atoms with van der Waals surface area (Å²) in [5.74, 6) is 0.305. The molecule has 3 fully saturated rings. The molecule has 208 valence electrons. The number of fused-ring (bicyclic) bond motifs is 4. The molecule has 7 rings (SSSR count). The highest BCUT2D eigenvalue weighted by molar-refractivity contribution is 6.01. The minimum absolute atomic E-state index is 0.0533. The molecule has 0 amide bonds. The molecule has 2 bridgehead atoms. The summed E-state index contributed by atoms with van der Waals surface area (Å²) < 4.78 is 22.8. The Bertz CT molecular complexity index is 1560. The van der Waals surface area contributed by atoms with Gasteiger partial charge in [-0.1, -0.05) is 49.6 Å². The first kappa shape index (κ1) is 25.5. The van der Waals surface area contributed by atoms with Crippen LogP contribution in [-0.4, -0.2) is 58.6 Å². The Morgan fingerprint density at radius 1 is 0.950 bits per heavy atom. The molecule has 0 spiro atoms. The van der Waals surface area contributed by atoms with Gasteiger partial charge in [0.05, 0.1) is 13.2 Å². The summed E-state index contributed by atoms with van der Waals surface area (Å²) >= 11 is 0. The number of anilines is 1. The number of aromatic hydroxyl groups is 1. The number of halogens is 1. The molecule has 8 heteroatoms. The molecule has 7 nitrogen and oxygen atoms in total. The van der Waals surface area contributed by atoms with Crippen LogP contribution >= 0.6 is 0 Å². The minimum atomic E-state index is -0.464. The number of piperazine rings is 1. The first-order valence-corrected chi connectivity index (χ1v) is 14.5. The number of aliphatic hydroxyl groups excluding tert-OH is 1. The van der Waals surface area contributed by atoms with Gasteiger partial charge in [-0.15, -0.1) is 0 Å². The number of nitrogens with one attached hydrogen (secondary N) is 1. The van der Waals surface area contributed by atoms with Crippen molar-refractivity contribution in [3.8, 4) is 22.9 Å². The van der Waals surface area contributed by atoms with E-state index in [1.807, 2.05) is 30.3 Å². The van der Waals surface area contributed by atoms with Crippen LogP contribution in [0.5, 0.6) is 11.8 Å². The van der Waals surface area contributed by atoms with Crippen LogP contribution < -0.4 is 15.0 Å². The Labute approximate surface area is 233 Å². The second-order valence-corrected chi connectivity index (χ2v) is 11.9. The summed E-state index contributed by atoms with van der Waals surface area (Å²) in [5, 5.41) is 26.6. The van der Waals surface area contributed by atoms with E-state index in [4.69, 9.17) is 9.72 Å². The minimum Gasteiger partial charge on any atom is -0.508 e. The van der Waals surface area contributed by atoms with Crippen LogP contribution in [0.15, 0.2) is 48.5 Å². The molecular weight excluding hydrogens is 507 g/mol. The number of nitrogens with zero attached hydrogens (tertiary/aromatic N) is 3. The van der Waals surface area contributed by atoms with E-state index in [2.05, 4.69) is 15.2 Å². The first-order valence-electron chi connectivity index (χ1n) is 14.5. The fourth-order valence-corrected chi connectivity index (χ4v) is 6.99. The number of ether oxygens (including phenoxy) is 1. The standard InChI is InChI=1S/C32H35FN4O3/c33-28-25(27-15-23(39)14-20-6-2-3-7-24(20)27)10-11-26-29(28)35-31(40-19-32(18-38)12-4-1-5-13-32)36-30(26)37-16-21-8-9-22(17-37)34-21/h2-3,6-7,10-11,14-15,21-22,34,38-39H,1,4-5,8-9,12-13,16-19H2. The molecular formula is C32H35FN4O3. The van der Waals surface area contributed by atoms with Crippen LogP contribution in [0.1, 0.15) is 44.9 Å². The van der Waals surface area contributed by atoms with E-state index in [9.17, 15) is 10.2 Å². The largest absolute Gasteiger partial charge is 0.508 e. The number of phenolic OH excluding ortho intramolecular Hbond substituents is 1. The zero-order valence-electron chi connectivity index (χ0n) is 22.6. The van der Waals surface area contributed by atoms with Crippen molar-refractivity contribution in [2.45, 2.75) is 57.0 Å². The predicted octanol–water partition coefficient (Wildman–Crippen LogP) is 5.56. The lowest BCUT2D eigenvalue weighted by molar-refractivity contribution is 0.0300. The Balaban J connectivity index is 1.35. The molecule has 1 aromatic heterocycles. The van der Waals surface area contributed by atoms with E-state index in [0.717, 1.165) is 62.4 Å². The predicted molar refractivity (Wildman–Crippen MR) is 154 cm³/mol. The van der Waals surface area contributed by atoms with Crippen LogP contribution in [0.3, 0.4) is 0 Å². The van der Waals surface area contributed by atoms with Crippen LogP contribution in [-0.2, 0) is 0 Å². The van der Waals surface area contributed by atoms with Crippen LogP contribution in [0, 0.1) is 11.2 Å². The lowest BCUT2D eigenvalue weighted by Gasteiger charge is -2.35. The molecule has 2 atom stereocenters. The third-order valence-corrected chi connectivity index (χ3v) is 9.18. The van der Waals surface area contributed by atoms with Crippen LogP contribution in [0.4, 0.5) is 10.2 Å². The fraction of sp³-hybridized carbons (Fsp3) is 0.438. The normalized spacial score (nSPS) is 22.2. The molecule has 2 aliphatic heterocycles. The van der Waals surface area contributed by atoms with Gasteiger partial charge < -0.3 is 25.2 Å². The zero-order chi connectivity index (χ0) is 27.3. The number of rotatable bonds is 6. The van der Waals surface area contributed by atoms with Crippen molar-refractivity contribution in [1.29, 1.82) is 0 Å². The van der Waals surface area contributed by atoms with Gasteiger partial charge in [0.1, 0.15) is 17.1 Å². The lowest BCUT2D eigenvalue weighted by Crippen LogP contribution is -2.51. The molecule has 1 saturated carbocycles. The SMILES string of the molecule is OCC1(COc2nc(N3CC4CCC(C3)N4)c3ccc(-c4cc(O)cc5ccccc45)c(F)c3n2)CCCCC1. The molecule has 1 aliphatic carbocycles.